The molecule has 0 radical (unpaired) electrons. The van der Waals surface area contributed by atoms with Gasteiger partial charge < -0.3 is 15.5 Å². The van der Waals surface area contributed by atoms with Crippen molar-refractivity contribution in [2.24, 2.45) is 0 Å². The van der Waals surface area contributed by atoms with E-state index in [1.807, 2.05) is 19.1 Å². The number of fused-ring (bicyclic) bond motifs is 1. The van der Waals surface area contributed by atoms with Crippen molar-refractivity contribution in [1.82, 2.24) is 4.98 Å². The molecule has 3 rings (SSSR count). The van der Waals surface area contributed by atoms with Crippen molar-refractivity contribution in [3.8, 4) is 0 Å². The normalized spacial score (nSPS) is 10.8. The minimum absolute atomic E-state index is 0.209. The van der Waals surface area contributed by atoms with Gasteiger partial charge in [0.05, 0.1) is 22.5 Å². The summed E-state index contributed by atoms with van der Waals surface area (Å²) in [6, 6.07) is 8.92. The summed E-state index contributed by atoms with van der Waals surface area (Å²) in [5.74, 6) is 1.10. The summed E-state index contributed by atoms with van der Waals surface area (Å²) in [6.45, 7) is 3.58. The van der Waals surface area contributed by atoms with Crippen LogP contribution in [0.15, 0.2) is 40.9 Å². The van der Waals surface area contributed by atoms with Gasteiger partial charge in [-0.05, 0) is 44.2 Å². The summed E-state index contributed by atoms with van der Waals surface area (Å²) in [7, 11) is 0. The lowest BCUT2D eigenvalue weighted by Crippen LogP contribution is -2.12. The molecular weight excluding hydrogens is 266 g/mol. The summed E-state index contributed by atoms with van der Waals surface area (Å²) in [5.41, 5.74) is 8.37. The lowest BCUT2D eigenvalue weighted by molar-refractivity contribution is 0.102. The Morgan fingerprint density at radius 1 is 1.29 bits per heavy atom. The van der Waals surface area contributed by atoms with E-state index in [4.69, 9.17) is 10.2 Å². The van der Waals surface area contributed by atoms with Crippen LogP contribution in [0, 0.1) is 13.8 Å². The molecule has 0 spiro atoms. The first kappa shape index (κ1) is 13.2. The average molecular weight is 281 g/mol. The second-order valence-corrected chi connectivity index (χ2v) is 4.88. The highest BCUT2D eigenvalue weighted by molar-refractivity contribution is 6.10. The Kier molecular flexibility index (Phi) is 3.10. The molecule has 5 heteroatoms. The van der Waals surface area contributed by atoms with E-state index in [1.54, 1.807) is 31.3 Å². The van der Waals surface area contributed by atoms with E-state index < -0.39 is 0 Å². The molecule has 2 heterocycles. The highest BCUT2D eigenvalue weighted by Gasteiger charge is 2.15. The molecule has 106 valence electrons. The fourth-order valence-corrected chi connectivity index (χ4v) is 2.35. The van der Waals surface area contributed by atoms with Crippen LogP contribution in [0.4, 0.5) is 11.4 Å². The maximum atomic E-state index is 12.4. The number of pyridine rings is 1. The number of nitrogens with zero attached hydrogens (tertiary/aromatic N) is 1. The number of aromatic nitrogens is 1. The average Bonchev–Trinajstić information content (AvgIpc) is 2.81. The number of aryl methyl sites for hydroxylation is 2. The van der Waals surface area contributed by atoms with Crippen molar-refractivity contribution >= 4 is 28.2 Å². The summed E-state index contributed by atoms with van der Waals surface area (Å²) in [5, 5.41) is 3.70. The van der Waals surface area contributed by atoms with Crippen LogP contribution in [0.5, 0.6) is 0 Å². The molecule has 0 aliphatic rings. The van der Waals surface area contributed by atoms with Crippen LogP contribution >= 0.6 is 0 Å². The van der Waals surface area contributed by atoms with Crippen molar-refractivity contribution in [2.75, 3.05) is 11.1 Å². The van der Waals surface area contributed by atoms with Crippen LogP contribution in [-0.2, 0) is 0 Å². The third kappa shape index (κ3) is 2.33. The topological polar surface area (TPSA) is 81.2 Å². The highest BCUT2D eigenvalue weighted by Crippen LogP contribution is 2.27. The Labute approximate surface area is 121 Å². The smallest absolute Gasteiger partial charge is 0.259 e. The maximum Gasteiger partial charge on any atom is 0.259 e. The molecule has 0 aliphatic heterocycles. The standard InChI is InChI=1S/C16H15N3O2/c1-9-8-12(10(2)21-9)16(20)19-14-6-5-13(17)15-11(14)4-3-7-18-15/h3-8H,17H2,1-2H3,(H,19,20). The van der Waals surface area contributed by atoms with Crippen LogP contribution in [0.3, 0.4) is 0 Å². The van der Waals surface area contributed by atoms with Gasteiger partial charge in [-0.2, -0.15) is 0 Å². The molecule has 3 aromatic rings. The number of carbonyl (C=O) groups is 1. The zero-order valence-electron chi connectivity index (χ0n) is 11.8. The van der Waals surface area contributed by atoms with Crippen molar-refractivity contribution in [3.63, 3.8) is 0 Å². The number of nitrogens with two attached hydrogens (primary N) is 1. The van der Waals surface area contributed by atoms with Crippen molar-refractivity contribution in [3.05, 3.63) is 53.6 Å². The first-order valence-electron chi connectivity index (χ1n) is 6.58. The van der Waals surface area contributed by atoms with E-state index in [9.17, 15) is 4.79 Å². The first-order valence-corrected chi connectivity index (χ1v) is 6.58. The maximum absolute atomic E-state index is 12.4. The SMILES string of the molecule is Cc1cc(C(=O)Nc2ccc(N)c3ncccc23)c(C)o1. The number of hydrogen-bond acceptors (Lipinski definition) is 4. The highest BCUT2D eigenvalue weighted by atomic mass is 16.3. The predicted molar refractivity (Wildman–Crippen MR) is 82.3 cm³/mol. The molecular formula is C16H15N3O2. The lowest BCUT2D eigenvalue weighted by atomic mass is 10.1. The molecule has 0 unspecified atom stereocenters. The van der Waals surface area contributed by atoms with E-state index >= 15 is 0 Å². The minimum atomic E-state index is -0.209. The largest absolute Gasteiger partial charge is 0.466 e. The third-order valence-corrected chi connectivity index (χ3v) is 3.33. The zero-order valence-corrected chi connectivity index (χ0v) is 11.8. The Bertz CT molecular complexity index is 837. The van der Waals surface area contributed by atoms with Gasteiger partial charge in [0.1, 0.15) is 11.5 Å². The molecule has 1 amide bonds. The molecule has 0 atom stereocenters. The van der Waals surface area contributed by atoms with E-state index in [2.05, 4.69) is 10.3 Å². The van der Waals surface area contributed by atoms with Gasteiger partial charge in [-0.3, -0.25) is 9.78 Å². The summed E-state index contributed by atoms with van der Waals surface area (Å²) < 4.78 is 5.39. The summed E-state index contributed by atoms with van der Waals surface area (Å²) in [6.07, 6.45) is 1.67. The van der Waals surface area contributed by atoms with E-state index in [0.717, 1.165) is 5.39 Å². The first-order chi connectivity index (χ1) is 10.1. The Hall–Kier alpha value is -2.82. The monoisotopic (exact) mass is 281 g/mol. The molecule has 0 bridgehead atoms. The van der Waals surface area contributed by atoms with Crippen molar-refractivity contribution in [1.29, 1.82) is 0 Å². The number of benzene rings is 1. The van der Waals surface area contributed by atoms with Crippen LogP contribution in [0.2, 0.25) is 0 Å². The van der Waals surface area contributed by atoms with Gasteiger partial charge in [0.15, 0.2) is 0 Å². The third-order valence-electron chi connectivity index (χ3n) is 3.33. The van der Waals surface area contributed by atoms with E-state index in [-0.39, 0.29) is 5.91 Å². The Morgan fingerprint density at radius 2 is 2.10 bits per heavy atom. The molecule has 0 saturated heterocycles. The molecule has 5 nitrogen and oxygen atoms in total. The number of hydrogen-bond donors (Lipinski definition) is 2. The van der Waals surface area contributed by atoms with Gasteiger partial charge in [-0.15, -0.1) is 0 Å². The molecule has 0 saturated carbocycles. The fraction of sp³-hybridized carbons (Fsp3) is 0.125. The van der Waals surface area contributed by atoms with E-state index in [1.165, 1.54) is 0 Å². The lowest BCUT2D eigenvalue weighted by Gasteiger charge is -2.09. The van der Waals surface area contributed by atoms with Crippen LogP contribution < -0.4 is 11.1 Å². The number of anilines is 2. The van der Waals surface area contributed by atoms with Crippen molar-refractivity contribution in [2.45, 2.75) is 13.8 Å². The molecule has 0 aliphatic carbocycles. The van der Waals surface area contributed by atoms with Gasteiger partial charge in [-0.25, -0.2) is 0 Å². The number of nitrogen functional groups attached to an aromatic ring is 1. The van der Waals surface area contributed by atoms with Gasteiger partial charge in [-0.1, -0.05) is 0 Å². The van der Waals surface area contributed by atoms with Crippen LogP contribution in [0.25, 0.3) is 10.9 Å². The molecule has 2 aromatic heterocycles. The number of nitrogens with one attached hydrogen (secondary N) is 1. The zero-order chi connectivity index (χ0) is 15.0. The number of furan rings is 1. The van der Waals surface area contributed by atoms with Crippen molar-refractivity contribution < 1.29 is 9.21 Å². The number of rotatable bonds is 2. The number of amides is 1. The Balaban J connectivity index is 2.01. The predicted octanol–water partition coefficient (Wildman–Crippen LogP) is 3.28. The second-order valence-electron chi connectivity index (χ2n) is 4.88. The Morgan fingerprint density at radius 3 is 2.81 bits per heavy atom. The molecule has 1 aromatic carbocycles. The van der Waals surface area contributed by atoms with E-state index in [0.29, 0.717) is 34.0 Å². The van der Waals surface area contributed by atoms with Crippen LogP contribution in [-0.4, -0.2) is 10.9 Å². The molecule has 21 heavy (non-hydrogen) atoms. The summed E-state index contributed by atoms with van der Waals surface area (Å²) in [4.78, 5) is 16.6. The fourth-order valence-electron chi connectivity index (χ4n) is 2.35. The molecule has 0 fully saturated rings. The quantitative estimate of drug-likeness (QED) is 0.706. The van der Waals surface area contributed by atoms with Gasteiger partial charge >= 0.3 is 0 Å². The minimum Gasteiger partial charge on any atom is -0.466 e. The van der Waals surface area contributed by atoms with Gasteiger partial charge in [0.2, 0.25) is 0 Å². The van der Waals surface area contributed by atoms with Crippen LogP contribution in [0.1, 0.15) is 21.9 Å². The summed E-state index contributed by atoms with van der Waals surface area (Å²) >= 11 is 0. The number of carbonyl (C=O) groups excluding carboxylic acids is 1. The van der Waals surface area contributed by atoms with Gasteiger partial charge in [0.25, 0.3) is 5.91 Å². The van der Waals surface area contributed by atoms with Gasteiger partial charge in [0, 0.05) is 11.6 Å². The molecule has 3 N–H and O–H groups in total. The second kappa shape index (κ2) is 4.94.